The molecule has 152 valence electrons. The molecule has 30 heavy (non-hydrogen) atoms. The summed E-state index contributed by atoms with van der Waals surface area (Å²) >= 11 is 0. The molecule has 4 rings (SSSR count). The zero-order chi connectivity index (χ0) is 21.6. The van der Waals surface area contributed by atoms with Crippen molar-refractivity contribution in [3.63, 3.8) is 0 Å². The molecule has 0 fully saturated rings. The van der Waals surface area contributed by atoms with Crippen molar-refractivity contribution in [1.29, 1.82) is 0 Å². The van der Waals surface area contributed by atoms with E-state index in [0.29, 0.717) is 5.69 Å². The summed E-state index contributed by atoms with van der Waals surface area (Å²) < 4.78 is 45.7. The van der Waals surface area contributed by atoms with Crippen LogP contribution in [0, 0.1) is 0 Å². The molecule has 0 saturated heterocycles. The maximum atomic E-state index is 13.3. The SMILES string of the molecule is COC(=O)c1c(N)c2ccc(C(F)(F)F)cc2n(-c2ccc3ccccc3c2)c1=O. The number of aromatic nitrogens is 1. The largest absolute Gasteiger partial charge is 0.465 e. The minimum absolute atomic E-state index is 0.0599. The third kappa shape index (κ3) is 3.06. The van der Waals surface area contributed by atoms with E-state index >= 15 is 0 Å². The quantitative estimate of drug-likeness (QED) is 0.491. The van der Waals surface area contributed by atoms with Crippen molar-refractivity contribution in [1.82, 2.24) is 4.57 Å². The number of esters is 1. The Bertz CT molecular complexity index is 1370. The smallest absolute Gasteiger partial charge is 0.416 e. The topological polar surface area (TPSA) is 74.3 Å². The van der Waals surface area contributed by atoms with E-state index in [1.165, 1.54) is 0 Å². The van der Waals surface area contributed by atoms with Crippen molar-refractivity contribution >= 4 is 33.3 Å². The number of ether oxygens (including phenoxy) is 1. The monoisotopic (exact) mass is 412 g/mol. The molecule has 0 bridgehead atoms. The molecule has 2 N–H and O–H groups in total. The van der Waals surface area contributed by atoms with Crippen molar-refractivity contribution in [2.24, 2.45) is 0 Å². The standard InChI is InChI=1S/C22H15F3N2O3/c1-30-21(29)18-19(26)16-9-7-14(22(23,24)25)11-17(16)27(20(18)28)15-8-6-12-4-2-3-5-13(12)10-15/h2-11H,26H2,1H3. The molecule has 0 unspecified atom stereocenters. The molecule has 3 aromatic carbocycles. The van der Waals surface area contributed by atoms with Crippen molar-refractivity contribution in [3.8, 4) is 5.69 Å². The molecule has 0 radical (unpaired) electrons. The van der Waals surface area contributed by atoms with Crippen LogP contribution in [0.3, 0.4) is 0 Å². The highest BCUT2D eigenvalue weighted by Crippen LogP contribution is 2.34. The van der Waals surface area contributed by atoms with Gasteiger partial charge >= 0.3 is 12.1 Å². The molecular weight excluding hydrogens is 397 g/mol. The number of carbonyl (C=O) groups excluding carboxylic acids is 1. The summed E-state index contributed by atoms with van der Waals surface area (Å²) in [5.74, 6) is -0.964. The lowest BCUT2D eigenvalue weighted by Crippen LogP contribution is -2.28. The van der Waals surface area contributed by atoms with Crippen LogP contribution >= 0.6 is 0 Å². The average Bonchev–Trinajstić information content (AvgIpc) is 2.72. The van der Waals surface area contributed by atoms with Crippen molar-refractivity contribution in [3.05, 3.63) is 82.1 Å². The number of benzene rings is 3. The minimum atomic E-state index is -4.62. The summed E-state index contributed by atoms with van der Waals surface area (Å²) in [7, 11) is 1.10. The summed E-state index contributed by atoms with van der Waals surface area (Å²) in [5, 5.41) is 1.80. The van der Waals surface area contributed by atoms with Gasteiger partial charge in [0.15, 0.2) is 0 Å². The number of hydrogen-bond donors (Lipinski definition) is 1. The van der Waals surface area contributed by atoms with Crippen LogP contribution in [0.25, 0.3) is 27.4 Å². The number of nitrogens with zero attached hydrogens (tertiary/aromatic N) is 1. The zero-order valence-corrected chi connectivity index (χ0v) is 15.7. The predicted molar refractivity (Wildman–Crippen MR) is 108 cm³/mol. The molecule has 0 aliphatic rings. The van der Waals surface area contributed by atoms with Gasteiger partial charge in [0, 0.05) is 11.1 Å². The summed E-state index contributed by atoms with van der Waals surface area (Å²) in [4.78, 5) is 25.4. The van der Waals surface area contributed by atoms with E-state index in [-0.39, 0.29) is 16.6 Å². The molecule has 4 aromatic rings. The van der Waals surface area contributed by atoms with Crippen molar-refractivity contribution in [2.75, 3.05) is 12.8 Å². The van der Waals surface area contributed by atoms with Crippen LogP contribution in [0.5, 0.6) is 0 Å². The number of rotatable bonds is 2. The highest BCUT2D eigenvalue weighted by Gasteiger charge is 2.32. The lowest BCUT2D eigenvalue weighted by molar-refractivity contribution is -0.137. The van der Waals surface area contributed by atoms with Crippen LogP contribution in [-0.2, 0) is 10.9 Å². The molecule has 5 nitrogen and oxygen atoms in total. The first-order valence-corrected chi connectivity index (χ1v) is 8.85. The average molecular weight is 412 g/mol. The zero-order valence-electron chi connectivity index (χ0n) is 15.7. The fourth-order valence-electron chi connectivity index (χ4n) is 3.46. The maximum Gasteiger partial charge on any atom is 0.416 e. The molecule has 1 aromatic heterocycles. The van der Waals surface area contributed by atoms with Crippen LogP contribution < -0.4 is 11.3 Å². The van der Waals surface area contributed by atoms with Gasteiger partial charge in [-0.25, -0.2) is 4.79 Å². The van der Waals surface area contributed by atoms with E-state index in [4.69, 9.17) is 5.73 Å². The number of carbonyl (C=O) groups is 1. The molecule has 0 aliphatic heterocycles. The highest BCUT2D eigenvalue weighted by molar-refractivity contribution is 6.04. The molecule has 1 heterocycles. The van der Waals surface area contributed by atoms with Crippen LogP contribution in [0.15, 0.2) is 65.5 Å². The van der Waals surface area contributed by atoms with Gasteiger partial charge in [0.25, 0.3) is 5.56 Å². The van der Waals surface area contributed by atoms with Gasteiger partial charge in [-0.1, -0.05) is 36.4 Å². The Hall–Kier alpha value is -3.81. The summed E-state index contributed by atoms with van der Waals surface area (Å²) in [6.45, 7) is 0. The van der Waals surface area contributed by atoms with Crippen LogP contribution in [-0.4, -0.2) is 17.6 Å². The molecule has 0 aliphatic carbocycles. The Balaban J connectivity index is 2.16. The molecule has 0 spiro atoms. The number of nitrogens with two attached hydrogens (primary N) is 1. The fourth-order valence-corrected chi connectivity index (χ4v) is 3.46. The second-order valence-corrected chi connectivity index (χ2v) is 6.68. The van der Waals surface area contributed by atoms with Crippen LogP contribution in [0.4, 0.5) is 18.9 Å². The van der Waals surface area contributed by atoms with E-state index < -0.39 is 28.8 Å². The number of anilines is 1. The Kier molecular flexibility index (Phi) is 4.49. The molecular formula is C22H15F3N2O3. The van der Waals surface area contributed by atoms with Gasteiger partial charge in [-0.15, -0.1) is 0 Å². The molecule has 0 atom stereocenters. The number of nitrogen functional groups attached to an aromatic ring is 1. The summed E-state index contributed by atoms with van der Waals surface area (Å²) in [6, 6.07) is 15.2. The van der Waals surface area contributed by atoms with Gasteiger partial charge in [0.2, 0.25) is 0 Å². The number of fused-ring (bicyclic) bond motifs is 2. The second kappa shape index (κ2) is 6.91. The Morgan fingerprint density at radius 3 is 2.37 bits per heavy atom. The lowest BCUT2D eigenvalue weighted by Gasteiger charge is -2.17. The van der Waals surface area contributed by atoms with E-state index in [1.807, 2.05) is 18.2 Å². The van der Waals surface area contributed by atoms with Gasteiger partial charge in [0.1, 0.15) is 5.56 Å². The Morgan fingerprint density at radius 2 is 1.70 bits per heavy atom. The van der Waals surface area contributed by atoms with E-state index in [0.717, 1.165) is 40.6 Å². The van der Waals surface area contributed by atoms with Crippen molar-refractivity contribution < 1.29 is 22.7 Å². The van der Waals surface area contributed by atoms with E-state index in [1.54, 1.807) is 24.3 Å². The summed E-state index contributed by atoms with van der Waals surface area (Å²) in [5.41, 5.74) is 3.78. The maximum absolute atomic E-state index is 13.3. The van der Waals surface area contributed by atoms with Crippen molar-refractivity contribution in [2.45, 2.75) is 6.18 Å². The van der Waals surface area contributed by atoms with Gasteiger partial charge < -0.3 is 10.5 Å². The first-order valence-electron chi connectivity index (χ1n) is 8.85. The highest BCUT2D eigenvalue weighted by atomic mass is 19.4. The minimum Gasteiger partial charge on any atom is -0.465 e. The third-order valence-electron chi connectivity index (χ3n) is 4.92. The molecule has 0 amide bonds. The van der Waals surface area contributed by atoms with Gasteiger partial charge in [-0.05, 0) is 35.0 Å². The number of methoxy groups -OCH3 is 1. The van der Waals surface area contributed by atoms with Gasteiger partial charge in [-0.2, -0.15) is 13.2 Å². The van der Waals surface area contributed by atoms with E-state index in [2.05, 4.69) is 4.74 Å². The van der Waals surface area contributed by atoms with Gasteiger partial charge in [-0.3, -0.25) is 9.36 Å². The van der Waals surface area contributed by atoms with Gasteiger partial charge in [0.05, 0.1) is 23.9 Å². The summed E-state index contributed by atoms with van der Waals surface area (Å²) in [6.07, 6.45) is -4.62. The number of halogens is 3. The lowest BCUT2D eigenvalue weighted by atomic mass is 10.0. The Morgan fingerprint density at radius 1 is 1.00 bits per heavy atom. The number of hydrogen-bond acceptors (Lipinski definition) is 4. The molecule has 0 saturated carbocycles. The normalized spacial score (nSPS) is 11.7. The predicted octanol–water partition coefficient (Wildman–Crippen LogP) is 4.53. The second-order valence-electron chi connectivity index (χ2n) is 6.68. The number of pyridine rings is 1. The van der Waals surface area contributed by atoms with Crippen LogP contribution in [0.2, 0.25) is 0 Å². The molecule has 8 heteroatoms. The van der Waals surface area contributed by atoms with Crippen LogP contribution in [0.1, 0.15) is 15.9 Å². The third-order valence-corrected chi connectivity index (χ3v) is 4.92. The van der Waals surface area contributed by atoms with E-state index in [9.17, 15) is 22.8 Å². The first-order chi connectivity index (χ1) is 14.2. The number of alkyl halides is 3. The fraction of sp³-hybridized carbons (Fsp3) is 0.0909. The first kappa shape index (κ1) is 19.5. The Labute approximate surface area is 168 Å².